The van der Waals surface area contributed by atoms with Crippen LogP contribution in [0.25, 0.3) is 11.4 Å². The molecule has 0 unspecified atom stereocenters. The number of nitrogens with one attached hydrogen (secondary N) is 1. The molecule has 0 radical (unpaired) electrons. The van der Waals surface area contributed by atoms with Crippen molar-refractivity contribution in [1.29, 1.82) is 0 Å². The van der Waals surface area contributed by atoms with Gasteiger partial charge in [0.1, 0.15) is 0 Å². The molecule has 0 atom stereocenters. The summed E-state index contributed by atoms with van der Waals surface area (Å²) in [5.74, 6) is 1.63. The van der Waals surface area contributed by atoms with Crippen molar-refractivity contribution in [1.82, 2.24) is 15.5 Å². The average molecular weight is 353 g/mol. The maximum atomic E-state index is 11.9. The number of hydrogen-bond donors (Lipinski definition) is 1. The second-order valence-corrected chi connectivity index (χ2v) is 6.73. The van der Waals surface area contributed by atoms with E-state index in [0.29, 0.717) is 18.1 Å². The molecular weight excluding hydrogens is 334 g/mol. The van der Waals surface area contributed by atoms with Crippen molar-refractivity contribution in [3.05, 3.63) is 66.1 Å². The molecule has 0 aliphatic carbocycles. The van der Waals surface area contributed by atoms with E-state index >= 15 is 0 Å². The number of rotatable bonds is 7. The van der Waals surface area contributed by atoms with E-state index < -0.39 is 0 Å². The summed E-state index contributed by atoms with van der Waals surface area (Å²) >= 11 is 1.67. The topological polar surface area (TPSA) is 68.0 Å². The highest BCUT2D eigenvalue weighted by Crippen LogP contribution is 2.19. The lowest BCUT2D eigenvalue weighted by Gasteiger charge is -2.03. The molecule has 2 aromatic carbocycles. The third kappa shape index (κ3) is 5.19. The second-order valence-electron chi connectivity index (χ2n) is 5.57. The third-order valence-corrected chi connectivity index (χ3v) is 4.57. The molecule has 6 heteroatoms. The van der Waals surface area contributed by atoms with E-state index in [1.165, 1.54) is 10.5 Å². The van der Waals surface area contributed by atoms with Crippen molar-refractivity contribution in [2.45, 2.75) is 24.8 Å². The highest BCUT2D eigenvalue weighted by atomic mass is 32.2. The highest BCUT2D eigenvalue weighted by Gasteiger charge is 2.09. The largest absolute Gasteiger partial charge is 0.347 e. The first-order valence-corrected chi connectivity index (χ1v) is 9.03. The summed E-state index contributed by atoms with van der Waals surface area (Å²) in [5.41, 5.74) is 2.12. The number of aromatic nitrogens is 2. The first-order chi connectivity index (χ1) is 12.2. The Balaban J connectivity index is 1.42. The highest BCUT2D eigenvalue weighted by molar-refractivity contribution is 7.99. The molecule has 0 aliphatic heterocycles. The number of aryl methyl sites for hydroxylation is 1. The Kier molecular flexibility index (Phi) is 5.85. The molecule has 3 rings (SSSR count). The Morgan fingerprint density at radius 2 is 1.88 bits per heavy atom. The predicted molar refractivity (Wildman–Crippen MR) is 98.1 cm³/mol. The fraction of sp³-hybridized carbons (Fsp3) is 0.211. The number of carbonyl (C=O) groups excluding carboxylic acids is 1. The molecule has 0 spiro atoms. The summed E-state index contributed by atoms with van der Waals surface area (Å²) in [6.45, 7) is 2.30. The lowest BCUT2D eigenvalue weighted by Crippen LogP contribution is -2.23. The van der Waals surface area contributed by atoms with Gasteiger partial charge in [0.15, 0.2) is 0 Å². The summed E-state index contributed by atoms with van der Waals surface area (Å²) in [6.07, 6.45) is 0.443. The number of carbonyl (C=O) groups is 1. The lowest BCUT2D eigenvalue weighted by atomic mass is 10.2. The van der Waals surface area contributed by atoms with Crippen LogP contribution in [0.2, 0.25) is 0 Å². The predicted octanol–water partition coefficient (Wildman–Crippen LogP) is 3.84. The zero-order valence-corrected chi connectivity index (χ0v) is 14.8. The summed E-state index contributed by atoms with van der Waals surface area (Å²) in [6, 6.07) is 17.9. The zero-order valence-electron chi connectivity index (χ0n) is 13.9. The van der Waals surface area contributed by atoms with Gasteiger partial charge in [-0.2, -0.15) is 4.98 Å². The summed E-state index contributed by atoms with van der Waals surface area (Å²) in [4.78, 5) is 17.4. The van der Waals surface area contributed by atoms with Gasteiger partial charge in [0.05, 0.1) is 6.54 Å². The van der Waals surface area contributed by atoms with Crippen LogP contribution in [0, 0.1) is 6.92 Å². The lowest BCUT2D eigenvalue weighted by molar-refractivity contribution is -0.120. The van der Waals surface area contributed by atoms with Gasteiger partial charge in [-0.15, -0.1) is 11.8 Å². The molecule has 1 amide bonds. The summed E-state index contributed by atoms with van der Waals surface area (Å²) in [7, 11) is 0. The molecule has 0 bridgehead atoms. The van der Waals surface area contributed by atoms with Crippen LogP contribution in [0.5, 0.6) is 0 Å². The van der Waals surface area contributed by atoms with Gasteiger partial charge < -0.3 is 9.84 Å². The number of benzene rings is 2. The minimum atomic E-state index is -0.0286. The van der Waals surface area contributed by atoms with E-state index in [2.05, 4.69) is 46.6 Å². The van der Waals surface area contributed by atoms with E-state index in [1.807, 2.05) is 30.3 Å². The zero-order chi connectivity index (χ0) is 17.5. The molecule has 128 valence electrons. The van der Waals surface area contributed by atoms with E-state index in [0.717, 1.165) is 11.3 Å². The molecule has 0 saturated heterocycles. The van der Waals surface area contributed by atoms with E-state index in [9.17, 15) is 4.79 Å². The second kappa shape index (κ2) is 8.48. The Bertz CT molecular complexity index is 816. The molecule has 25 heavy (non-hydrogen) atoms. The van der Waals surface area contributed by atoms with Crippen molar-refractivity contribution in [3.63, 3.8) is 0 Å². The smallest absolute Gasteiger partial charge is 0.246 e. The molecule has 0 aliphatic rings. The van der Waals surface area contributed by atoms with Crippen LogP contribution >= 0.6 is 11.8 Å². The van der Waals surface area contributed by atoms with Crippen LogP contribution in [-0.2, 0) is 11.3 Å². The van der Waals surface area contributed by atoms with E-state index in [4.69, 9.17) is 4.52 Å². The molecule has 5 nitrogen and oxygen atoms in total. The molecule has 1 heterocycles. The molecular formula is C19H19N3O2S. The van der Waals surface area contributed by atoms with Crippen molar-refractivity contribution < 1.29 is 9.32 Å². The Hall–Kier alpha value is -2.60. The first-order valence-electron chi connectivity index (χ1n) is 8.05. The molecule has 3 aromatic rings. The van der Waals surface area contributed by atoms with Gasteiger partial charge in [0, 0.05) is 22.6 Å². The van der Waals surface area contributed by atoms with Crippen molar-refractivity contribution >= 4 is 17.7 Å². The Labute approximate surface area is 150 Å². The van der Waals surface area contributed by atoms with Gasteiger partial charge in [0.2, 0.25) is 17.6 Å². The number of amides is 1. The van der Waals surface area contributed by atoms with Crippen LogP contribution in [0.1, 0.15) is 17.9 Å². The number of nitrogens with zero attached hydrogens (tertiary/aromatic N) is 2. The van der Waals surface area contributed by atoms with Gasteiger partial charge >= 0.3 is 0 Å². The van der Waals surface area contributed by atoms with Gasteiger partial charge in [-0.25, -0.2) is 0 Å². The average Bonchev–Trinajstić information content (AvgIpc) is 3.11. The van der Waals surface area contributed by atoms with Gasteiger partial charge in [-0.3, -0.25) is 4.79 Å². The standard InChI is InChI=1S/C19H19N3O2S/c1-14-7-9-16(10-8-14)25-12-11-17(23)20-13-18-21-19(22-24-18)15-5-3-2-4-6-15/h2-10H,11-13H2,1H3,(H,20,23). The van der Waals surface area contributed by atoms with Crippen LogP contribution in [0.15, 0.2) is 64.0 Å². The normalized spacial score (nSPS) is 10.6. The quantitative estimate of drug-likeness (QED) is 0.654. The maximum absolute atomic E-state index is 11.9. The fourth-order valence-corrected chi connectivity index (χ4v) is 3.04. The number of thioether (sulfide) groups is 1. The van der Waals surface area contributed by atoms with E-state index in [-0.39, 0.29) is 12.5 Å². The first kappa shape index (κ1) is 17.2. The third-order valence-electron chi connectivity index (χ3n) is 3.56. The number of hydrogen-bond acceptors (Lipinski definition) is 5. The van der Waals surface area contributed by atoms with E-state index in [1.54, 1.807) is 11.8 Å². The van der Waals surface area contributed by atoms with Crippen LogP contribution < -0.4 is 5.32 Å². The van der Waals surface area contributed by atoms with Gasteiger partial charge in [-0.05, 0) is 19.1 Å². The molecule has 0 saturated carbocycles. The minimum Gasteiger partial charge on any atom is -0.347 e. The monoisotopic (exact) mass is 353 g/mol. The maximum Gasteiger partial charge on any atom is 0.246 e. The Morgan fingerprint density at radius 3 is 2.64 bits per heavy atom. The molecule has 0 fully saturated rings. The van der Waals surface area contributed by atoms with Crippen LogP contribution in [-0.4, -0.2) is 21.8 Å². The Morgan fingerprint density at radius 1 is 1.12 bits per heavy atom. The SMILES string of the molecule is Cc1ccc(SCCC(=O)NCc2nc(-c3ccccc3)no2)cc1. The van der Waals surface area contributed by atoms with Crippen molar-refractivity contribution in [3.8, 4) is 11.4 Å². The van der Waals surface area contributed by atoms with Gasteiger partial charge in [-0.1, -0.05) is 53.2 Å². The van der Waals surface area contributed by atoms with Crippen LogP contribution in [0.3, 0.4) is 0 Å². The van der Waals surface area contributed by atoms with Crippen molar-refractivity contribution in [2.24, 2.45) is 0 Å². The van der Waals surface area contributed by atoms with Gasteiger partial charge in [0.25, 0.3) is 0 Å². The molecule has 1 aromatic heterocycles. The fourth-order valence-electron chi connectivity index (χ4n) is 2.19. The van der Waals surface area contributed by atoms with Crippen LogP contribution in [0.4, 0.5) is 0 Å². The van der Waals surface area contributed by atoms with Crippen molar-refractivity contribution in [2.75, 3.05) is 5.75 Å². The summed E-state index contributed by atoms with van der Waals surface area (Å²) < 4.78 is 5.17. The summed E-state index contributed by atoms with van der Waals surface area (Å²) in [5, 5.41) is 6.74. The molecule has 1 N–H and O–H groups in total. The minimum absolute atomic E-state index is 0.0286.